The van der Waals surface area contributed by atoms with Gasteiger partial charge in [0.1, 0.15) is 5.82 Å². The van der Waals surface area contributed by atoms with Crippen molar-refractivity contribution < 1.29 is 4.79 Å². The van der Waals surface area contributed by atoms with Crippen LogP contribution < -0.4 is 5.32 Å². The summed E-state index contributed by atoms with van der Waals surface area (Å²) >= 11 is 1.57. The van der Waals surface area contributed by atoms with E-state index in [4.69, 9.17) is 0 Å². The average molecular weight is 337 g/mol. The number of aromatic nitrogens is 2. The van der Waals surface area contributed by atoms with Crippen LogP contribution in [0.15, 0.2) is 42.5 Å². The lowest BCUT2D eigenvalue weighted by atomic mass is 10.1. The lowest BCUT2D eigenvalue weighted by Gasteiger charge is -2.07. The number of hydrogen-bond donors (Lipinski definition) is 2. The minimum atomic E-state index is 0.0362. The molecule has 0 saturated heterocycles. The molecular weight excluding hydrogens is 318 g/mol. The Bertz CT molecular complexity index is 854. The summed E-state index contributed by atoms with van der Waals surface area (Å²) in [5.74, 6) is 2.07. The number of nitrogens with one attached hydrogen (secondary N) is 2. The number of amides is 1. The van der Waals surface area contributed by atoms with Crippen molar-refractivity contribution >= 4 is 34.4 Å². The number of rotatable bonds is 5. The van der Waals surface area contributed by atoms with Crippen LogP contribution in [0, 0.1) is 0 Å². The van der Waals surface area contributed by atoms with Crippen molar-refractivity contribution in [3.63, 3.8) is 0 Å². The van der Waals surface area contributed by atoms with Gasteiger partial charge in [0.05, 0.1) is 22.5 Å². The van der Waals surface area contributed by atoms with Crippen LogP contribution in [0.3, 0.4) is 0 Å². The zero-order valence-electron chi connectivity index (χ0n) is 13.3. The summed E-state index contributed by atoms with van der Waals surface area (Å²) in [7, 11) is 0. The van der Waals surface area contributed by atoms with E-state index in [1.807, 2.05) is 30.3 Å². The summed E-state index contributed by atoms with van der Waals surface area (Å²) in [4.78, 5) is 19.9. The van der Waals surface area contributed by atoms with Gasteiger partial charge in [0.15, 0.2) is 0 Å². The Balaban J connectivity index is 1.30. The monoisotopic (exact) mass is 337 g/mol. The highest BCUT2D eigenvalue weighted by Gasteiger charge is 2.12. The second kappa shape index (κ2) is 6.69. The van der Waals surface area contributed by atoms with Gasteiger partial charge in [-0.1, -0.05) is 18.2 Å². The minimum absolute atomic E-state index is 0.0362. The van der Waals surface area contributed by atoms with E-state index in [2.05, 4.69) is 27.4 Å². The number of carbonyl (C=O) groups excluding carboxylic acids is 1. The van der Waals surface area contributed by atoms with Crippen molar-refractivity contribution in [2.75, 3.05) is 11.1 Å². The van der Waals surface area contributed by atoms with Crippen molar-refractivity contribution in [3.05, 3.63) is 59.4 Å². The molecule has 0 aliphatic heterocycles. The fourth-order valence-electron chi connectivity index (χ4n) is 3.16. The zero-order chi connectivity index (χ0) is 16.4. The molecule has 24 heavy (non-hydrogen) atoms. The molecule has 0 spiro atoms. The van der Waals surface area contributed by atoms with Crippen LogP contribution in [0.5, 0.6) is 0 Å². The molecule has 1 aromatic heterocycles. The van der Waals surface area contributed by atoms with Crippen molar-refractivity contribution in [3.8, 4) is 0 Å². The summed E-state index contributed by atoms with van der Waals surface area (Å²) < 4.78 is 0. The van der Waals surface area contributed by atoms with Gasteiger partial charge in [-0.25, -0.2) is 4.98 Å². The van der Waals surface area contributed by atoms with E-state index in [-0.39, 0.29) is 5.91 Å². The standard InChI is InChI=1S/C19H19N3OS/c23-19(20-15-9-8-13-4-3-5-14(13)10-15)12-24-11-18-21-16-6-1-2-7-17(16)22-18/h1-2,6-10H,3-5,11-12H2,(H,20,23)(H,21,22). The number of hydrogen-bond acceptors (Lipinski definition) is 3. The predicted molar refractivity (Wildman–Crippen MR) is 99.4 cm³/mol. The first-order chi connectivity index (χ1) is 11.8. The summed E-state index contributed by atoms with van der Waals surface area (Å²) in [6, 6.07) is 14.2. The van der Waals surface area contributed by atoms with Crippen molar-refractivity contribution in [1.29, 1.82) is 0 Å². The van der Waals surface area contributed by atoms with E-state index < -0.39 is 0 Å². The van der Waals surface area contributed by atoms with E-state index >= 15 is 0 Å². The van der Waals surface area contributed by atoms with Gasteiger partial charge in [0.25, 0.3) is 0 Å². The quantitative estimate of drug-likeness (QED) is 0.742. The maximum absolute atomic E-state index is 12.1. The summed E-state index contributed by atoms with van der Waals surface area (Å²) in [5, 5.41) is 2.99. The van der Waals surface area contributed by atoms with E-state index in [0.717, 1.165) is 35.4 Å². The number of anilines is 1. The van der Waals surface area contributed by atoms with Gasteiger partial charge in [-0.15, -0.1) is 11.8 Å². The SMILES string of the molecule is O=C(CSCc1nc2ccccc2[nH]1)Nc1ccc2c(c1)CCC2. The number of para-hydroxylation sites is 2. The first-order valence-corrected chi connectivity index (χ1v) is 9.36. The summed E-state index contributed by atoms with van der Waals surface area (Å²) in [6.45, 7) is 0. The van der Waals surface area contributed by atoms with E-state index in [1.165, 1.54) is 17.5 Å². The van der Waals surface area contributed by atoms with Crippen LogP contribution in [-0.2, 0) is 23.4 Å². The molecule has 0 fully saturated rings. The normalized spacial score (nSPS) is 13.2. The summed E-state index contributed by atoms with van der Waals surface area (Å²) in [5.41, 5.74) is 5.71. The van der Waals surface area contributed by atoms with Crippen LogP contribution in [0.4, 0.5) is 5.69 Å². The number of H-pyrrole nitrogens is 1. The van der Waals surface area contributed by atoms with Crippen LogP contribution in [0.25, 0.3) is 11.0 Å². The number of carbonyl (C=O) groups is 1. The Labute approximate surface area is 145 Å². The lowest BCUT2D eigenvalue weighted by Crippen LogP contribution is -2.14. The minimum Gasteiger partial charge on any atom is -0.341 e. The highest BCUT2D eigenvalue weighted by molar-refractivity contribution is 7.99. The molecule has 4 rings (SSSR count). The van der Waals surface area contributed by atoms with E-state index in [1.54, 1.807) is 11.8 Å². The second-order valence-electron chi connectivity index (χ2n) is 6.08. The summed E-state index contributed by atoms with van der Waals surface area (Å²) in [6.07, 6.45) is 3.51. The maximum Gasteiger partial charge on any atom is 0.234 e. The number of fused-ring (bicyclic) bond motifs is 2. The Hall–Kier alpha value is -2.27. The largest absolute Gasteiger partial charge is 0.341 e. The maximum atomic E-state index is 12.1. The van der Waals surface area contributed by atoms with Gasteiger partial charge in [-0.2, -0.15) is 0 Å². The smallest absolute Gasteiger partial charge is 0.234 e. The highest BCUT2D eigenvalue weighted by atomic mass is 32.2. The van der Waals surface area contributed by atoms with Crippen LogP contribution in [0.2, 0.25) is 0 Å². The molecular formula is C19H19N3OS. The molecule has 1 aliphatic carbocycles. The van der Waals surface area contributed by atoms with Crippen LogP contribution in [0.1, 0.15) is 23.4 Å². The lowest BCUT2D eigenvalue weighted by molar-refractivity contribution is -0.113. The zero-order valence-corrected chi connectivity index (χ0v) is 14.2. The Morgan fingerprint density at radius 3 is 2.96 bits per heavy atom. The molecule has 0 radical (unpaired) electrons. The molecule has 1 amide bonds. The van der Waals surface area contributed by atoms with E-state index in [9.17, 15) is 4.79 Å². The molecule has 0 unspecified atom stereocenters. The molecule has 2 aromatic carbocycles. The van der Waals surface area contributed by atoms with Gasteiger partial charge in [0, 0.05) is 5.69 Å². The van der Waals surface area contributed by atoms with Crippen molar-refractivity contribution in [2.24, 2.45) is 0 Å². The number of nitrogens with zero attached hydrogens (tertiary/aromatic N) is 1. The molecule has 0 atom stereocenters. The number of aromatic amines is 1. The highest BCUT2D eigenvalue weighted by Crippen LogP contribution is 2.25. The third-order valence-corrected chi connectivity index (χ3v) is 5.24. The van der Waals surface area contributed by atoms with Crippen LogP contribution in [-0.4, -0.2) is 21.6 Å². The Kier molecular flexibility index (Phi) is 4.26. The first-order valence-electron chi connectivity index (χ1n) is 8.21. The molecule has 3 aromatic rings. The number of imidazole rings is 1. The number of thioether (sulfide) groups is 1. The third kappa shape index (κ3) is 3.31. The molecule has 5 heteroatoms. The third-order valence-electron chi connectivity index (χ3n) is 4.29. The molecule has 0 bridgehead atoms. The first kappa shape index (κ1) is 15.3. The van der Waals surface area contributed by atoms with Crippen molar-refractivity contribution in [1.82, 2.24) is 9.97 Å². The number of benzene rings is 2. The van der Waals surface area contributed by atoms with Gasteiger partial charge in [-0.3, -0.25) is 4.79 Å². The fraction of sp³-hybridized carbons (Fsp3) is 0.263. The molecule has 122 valence electrons. The molecule has 2 N–H and O–H groups in total. The fourth-order valence-corrected chi connectivity index (χ4v) is 3.85. The van der Waals surface area contributed by atoms with Gasteiger partial charge >= 0.3 is 0 Å². The predicted octanol–water partition coefficient (Wildman–Crippen LogP) is 3.92. The molecule has 1 aliphatic rings. The Morgan fingerprint density at radius 1 is 1.17 bits per heavy atom. The molecule has 1 heterocycles. The van der Waals surface area contributed by atoms with Crippen LogP contribution >= 0.6 is 11.8 Å². The molecule has 4 nitrogen and oxygen atoms in total. The van der Waals surface area contributed by atoms with E-state index in [0.29, 0.717) is 11.5 Å². The van der Waals surface area contributed by atoms with Gasteiger partial charge in [-0.05, 0) is 54.7 Å². The topological polar surface area (TPSA) is 57.8 Å². The van der Waals surface area contributed by atoms with Gasteiger partial charge in [0.2, 0.25) is 5.91 Å². The number of aryl methyl sites for hydroxylation is 2. The Morgan fingerprint density at radius 2 is 2.04 bits per heavy atom. The average Bonchev–Trinajstić information content (AvgIpc) is 3.20. The van der Waals surface area contributed by atoms with Crippen molar-refractivity contribution in [2.45, 2.75) is 25.0 Å². The van der Waals surface area contributed by atoms with Gasteiger partial charge < -0.3 is 10.3 Å². The second-order valence-corrected chi connectivity index (χ2v) is 7.06. The molecule has 0 saturated carbocycles.